The predicted molar refractivity (Wildman–Crippen MR) is 77.2 cm³/mol. The topological polar surface area (TPSA) is 66.9 Å². The number of carbonyl (C=O) groups is 1. The van der Waals surface area contributed by atoms with Gasteiger partial charge in [0.1, 0.15) is 11.6 Å². The number of allylic oxidation sites excluding steroid dienone is 1. The Morgan fingerprint density at radius 2 is 1.76 bits per heavy atom. The molecule has 0 aliphatic rings. The number of carbonyl (C=O) groups excluding carboxylic acids is 1. The number of nitrogens with two attached hydrogens (primary N) is 1. The predicted octanol–water partition coefficient (Wildman–Crippen LogP) is 3.14. The number of benzene rings is 2. The monoisotopic (exact) mass is 286 g/mol. The molecule has 3 nitrogen and oxygen atoms in total. The van der Waals surface area contributed by atoms with Gasteiger partial charge in [0.05, 0.1) is 5.71 Å². The Morgan fingerprint density at radius 3 is 2.38 bits per heavy atom. The second-order valence-electron chi connectivity index (χ2n) is 4.34. The van der Waals surface area contributed by atoms with Crippen molar-refractivity contribution in [2.45, 2.75) is 0 Å². The van der Waals surface area contributed by atoms with Crippen molar-refractivity contribution >= 4 is 17.7 Å². The van der Waals surface area contributed by atoms with Gasteiger partial charge in [0.2, 0.25) is 0 Å². The highest BCUT2D eigenvalue weighted by Crippen LogP contribution is 2.19. The van der Waals surface area contributed by atoms with Crippen LogP contribution in [0.3, 0.4) is 0 Å². The zero-order valence-electron chi connectivity index (χ0n) is 10.9. The highest BCUT2D eigenvalue weighted by Gasteiger charge is 2.11. The highest BCUT2D eigenvalue weighted by atomic mass is 19.1. The molecule has 0 saturated heterocycles. The smallest absolute Gasteiger partial charge is 0.150 e. The normalized spacial score (nSPS) is 11.2. The second kappa shape index (κ2) is 6.09. The molecule has 0 fully saturated rings. The van der Waals surface area contributed by atoms with Crippen molar-refractivity contribution in [1.82, 2.24) is 0 Å². The van der Waals surface area contributed by atoms with Crippen molar-refractivity contribution < 1.29 is 13.6 Å². The zero-order valence-corrected chi connectivity index (χ0v) is 10.9. The van der Waals surface area contributed by atoms with Gasteiger partial charge in [0, 0.05) is 16.8 Å². The summed E-state index contributed by atoms with van der Waals surface area (Å²) in [7, 11) is 0. The molecular formula is C16H12F2N2O. The van der Waals surface area contributed by atoms with Crippen molar-refractivity contribution in [3.05, 3.63) is 76.9 Å². The zero-order chi connectivity index (χ0) is 15.4. The summed E-state index contributed by atoms with van der Waals surface area (Å²) in [6, 6.07) is 9.30. The van der Waals surface area contributed by atoms with Crippen LogP contribution in [-0.4, -0.2) is 12.0 Å². The average Bonchev–Trinajstić information content (AvgIpc) is 2.47. The Kier molecular flexibility index (Phi) is 4.23. The minimum Gasteiger partial charge on any atom is -0.398 e. The molecule has 0 aromatic heterocycles. The average molecular weight is 286 g/mol. The molecule has 0 saturated carbocycles. The van der Waals surface area contributed by atoms with Gasteiger partial charge in [-0.2, -0.15) is 0 Å². The summed E-state index contributed by atoms with van der Waals surface area (Å²) in [6.07, 6.45) is 1.74. The molecule has 21 heavy (non-hydrogen) atoms. The van der Waals surface area contributed by atoms with Crippen molar-refractivity contribution in [2.24, 2.45) is 5.73 Å². The fourth-order valence-corrected chi connectivity index (χ4v) is 1.88. The van der Waals surface area contributed by atoms with E-state index in [1.807, 2.05) is 0 Å². The van der Waals surface area contributed by atoms with E-state index < -0.39 is 11.6 Å². The van der Waals surface area contributed by atoms with Crippen LogP contribution in [0.15, 0.2) is 48.5 Å². The Hall–Kier alpha value is -2.82. The summed E-state index contributed by atoms with van der Waals surface area (Å²) in [4.78, 5) is 10.9. The van der Waals surface area contributed by atoms with Gasteiger partial charge in [-0.25, -0.2) is 8.78 Å². The fraction of sp³-hybridized carbons (Fsp3) is 0. The van der Waals surface area contributed by atoms with Crippen LogP contribution in [0.5, 0.6) is 0 Å². The molecule has 2 aromatic rings. The van der Waals surface area contributed by atoms with Gasteiger partial charge in [0.25, 0.3) is 0 Å². The number of aldehydes is 1. The van der Waals surface area contributed by atoms with Crippen molar-refractivity contribution in [2.75, 3.05) is 0 Å². The lowest BCUT2D eigenvalue weighted by molar-refractivity contribution is 0.112. The molecule has 0 radical (unpaired) electrons. The summed E-state index contributed by atoms with van der Waals surface area (Å²) in [6.45, 7) is 0. The van der Waals surface area contributed by atoms with E-state index in [1.165, 1.54) is 48.5 Å². The Morgan fingerprint density at radius 1 is 1.10 bits per heavy atom. The Labute approximate surface area is 120 Å². The van der Waals surface area contributed by atoms with E-state index in [0.717, 1.165) is 0 Å². The van der Waals surface area contributed by atoms with E-state index in [9.17, 15) is 13.6 Å². The highest BCUT2D eigenvalue weighted by molar-refractivity contribution is 6.10. The Balaban J connectivity index is 2.39. The van der Waals surface area contributed by atoms with E-state index in [4.69, 9.17) is 11.1 Å². The van der Waals surface area contributed by atoms with Crippen LogP contribution >= 0.6 is 0 Å². The Bertz CT molecular complexity index is 722. The molecule has 0 aliphatic carbocycles. The third-order valence-corrected chi connectivity index (χ3v) is 2.92. The van der Waals surface area contributed by atoms with Crippen LogP contribution in [0.1, 0.15) is 21.5 Å². The van der Waals surface area contributed by atoms with E-state index >= 15 is 0 Å². The molecule has 0 amide bonds. The molecule has 3 N–H and O–H groups in total. The molecule has 106 valence electrons. The SMILES string of the molecule is N=C(C=C(N)c1c(F)cccc1C=O)c1ccc(F)cc1. The summed E-state index contributed by atoms with van der Waals surface area (Å²) in [5.41, 5.74) is 6.24. The summed E-state index contributed by atoms with van der Waals surface area (Å²) in [5, 5.41) is 7.89. The molecule has 0 aliphatic heterocycles. The van der Waals surface area contributed by atoms with Gasteiger partial charge < -0.3 is 11.1 Å². The lowest BCUT2D eigenvalue weighted by Gasteiger charge is -2.07. The van der Waals surface area contributed by atoms with E-state index in [-0.39, 0.29) is 22.5 Å². The standard InChI is InChI=1S/C16H12F2N2O/c17-12-6-4-10(5-7-12)14(19)8-15(20)16-11(9-21)2-1-3-13(16)18/h1-9,19H,20H2. The van der Waals surface area contributed by atoms with Crippen molar-refractivity contribution in [1.29, 1.82) is 5.41 Å². The molecule has 0 spiro atoms. The third kappa shape index (κ3) is 3.20. The number of halogens is 2. The first-order valence-corrected chi connectivity index (χ1v) is 6.08. The molecule has 2 aromatic carbocycles. The van der Waals surface area contributed by atoms with Crippen LogP contribution in [0.2, 0.25) is 0 Å². The maximum absolute atomic E-state index is 13.8. The molecule has 5 heteroatoms. The van der Waals surface area contributed by atoms with Crippen LogP contribution in [-0.2, 0) is 0 Å². The number of rotatable bonds is 4. The minimum absolute atomic E-state index is 0.00685. The summed E-state index contributed by atoms with van der Waals surface area (Å²) < 4.78 is 26.6. The van der Waals surface area contributed by atoms with Gasteiger partial charge in [-0.05, 0) is 42.0 Å². The molecule has 2 rings (SSSR count). The molecule has 0 unspecified atom stereocenters. The number of hydrogen-bond acceptors (Lipinski definition) is 3. The number of nitrogens with one attached hydrogen (secondary N) is 1. The largest absolute Gasteiger partial charge is 0.398 e. The minimum atomic E-state index is -0.639. The molecule has 0 atom stereocenters. The van der Waals surface area contributed by atoms with Crippen molar-refractivity contribution in [3.63, 3.8) is 0 Å². The second-order valence-corrected chi connectivity index (χ2v) is 4.34. The van der Waals surface area contributed by atoms with Crippen LogP contribution in [0.25, 0.3) is 5.70 Å². The summed E-state index contributed by atoms with van der Waals surface area (Å²) in [5.74, 6) is -1.05. The van der Waals surface area contributed by atoms with E-state index in [0.29, 0.717) is 11.8 Å². The third-order valence-electron chi connectivity index (χ3n) is 2.92. The molecule has 0 bridgehead atoms. The first-order chi connectivity index (χ1) is 10.0. The van der Waals surface area contributed by atoms with Crippen LogP contribution in [0, 0.1) is 17.0 Å². The molecule has 0 heterocycles. The quantitative estimate of drug-likeness (QED) is 0.669. The van der Waals surface area contributed by atoms with E-state index in [1.54, 1.807) is 0 Å². The maximum Gasteiger partial charge on any atom is 0.150 e. The molecular weight excluding hydrogens is 274 g/mol. The van der Waals surface area contributed by atoms with E-state index in [2.05, 4.69) is 0 Å². The van der Waals surface area contributed by atoms with Crippen LogP contribution in [0.4, 0.5) is 8.78 Å². The van der Waals surface area contributed by atoms with Gasteiger partial charge in [-0.1, -0.05) is 12.1 Å². The lowest BCUT2D eigenvalue weighted by atomic mass is 10.0. The first-order valence-electron chi connectivity index (χ1n) is 6.08. The van der Waals surface area contributed by atoms with Crippen molar-refractivity contribution in [3.8, 4) is 0 Å². The van der Waals surface area contributed by atoms with Gasteiger partial charge in [-0.3, -0.25) is 4.79 Å². The van der Waals surface area contributed by atoms with Gasteiger partial charge >= 0.3 is 0 Å². The lowest BCUT2D eigenvalue weighted by Crippen LogP contribution is -2.07. The maximum atomic E-state index is 13.8. The van der Waals surface area contributed by atoms with Gasteiger partial charge in [-0.15, -0.1) is 0 Å². The van der Waals surface area contributed by atoms with Gasteiger partial charge in [0.15, 0.2) is 6.29 Å². The fourth-order valence-electron chi connectivity index (χ4n) is 1.88. The summed E-state index contributed by atoms with van der Waals surface area (Å²) >= 11 is 0. The first kappa shape index (κ1) is 14.6. The van der Waals surface area contributed by atoms with Crippen LogP contribution < -0.4 is 5.73 Å². The number of hydrogen-bond donors (Lipinski definition) is 2.